The second-order valence-electron chi connectivity index (χ2n) is 4.89. The smallest absolute Gasteiger partial charge is 0.157 e. The molecule has 0 fully saturated rings. The molecule has 1 aliphatic rings. The SMILES string of the molecule is CC(C)C1CN=C(NCCOCCN(C)C)S1. The summed E-state index contributed by atoms with van der Waals surface area (Å²) in [6.07, 6.45) is 0. The average Bonchev–Trinajstić information content (AvgIpc) is 2.71. The zero-order chi connectivity index (χ0) is 12.7. The summed E-state index contributed by atoms with van der Waals surface area (Å²) in [7, 11) is 4.11. The van der Waals surface area contributed by atoms with E-state index in [4.69, 9.17) is 4.74 Å². The van der Waals surface area contributed by atoms with Gasteiger partial charge < -0.3 is 15.0 Å². The topological polar surface area (TPSA) is 36.9 Å². The molecular weight excluding hydrogens is 234 g/mol. The highest BCUT2D eigenvalue weighted by molar-refractivity contribution is 8.14. The minimum Gasteiger partial charge on any atom is -0.378 e. The number of rotatable bonds is 7. The van der Waals surface area contributed by atoms with Crippen LogP contribution in [0.5, 0.6) is 0 Å². The molecule has 4 nitrogen and oxygen atoms in total. The lowest BCUT2D eigenvalue weighted by molar-refractivity contribution is 0.122. The average molecular weight is 259 g/mol. The summed E-state index contributed by atoms with van der Waals surface area (Å²) in [6.45, 7) is 8.82. The lowest BCUT2D eigenvalue weighted by Crippen LogP contribution is -2.26. The Morgan fingerprint density at radius 2 is 2.24 bits per heavy atom. The Labute approximate surface area is 109 Å². The molecule has 5 heteroatoms. The van der Waals surface area contributed by atoms with Crippen molar-refractivity contribution >= 4 is 16.9 Å². The van der Waals surface area contributed by atoms with E-state index < -0.39 is 0 Å². The summed E-state index contributed by atoms with van der Waals surface area (Å²) in [5, 5.41) is 5.06. The summed E-state index contributed by atoms with van der Waals surface area (Å²) >= 11 is 1.86. The molecular formula is C12H25N3OS. The molecule has 0 bridgehead atoms. The number of nitrogens with zero attached hydrogens (tertiary/aromatic N) is 2. The van der Waals surface area contributed by atoms with E-state index in [1.54, 1.807) is 0 Å². The predicted molar refractivity (Wildman–Crippen MR) is 75.9 cm³/mol. The van der Waals surface area contributed by atoms with Crippen LogP contribution in [-0.2, 0) is 4.74 Å². The van der Waals surface area contributed by atoms with Gasteiger partial charge in [-0.1, -0.05) is 25.6 Å². The Balaban J connectivity index is 1.97. The maximum absolute atomic E-state index is 5.51. The largest absolute Gasteiger partial charge is 0.378 e. The summed E-state index contributed by atoms with van der Waals surface area (Å²) in [4.78, 5) is 6.61. The maximum Gasteiger partial charge on any atom is 0.157 e. The van der Waals surface area contributed by atoms with Crippen LogP contribution in [0.25, 0.3) is 0 Å². The van der Waals surface area contributed by atoms with Crippen LogP contribution >= 0.6 is 11.8 Å². The van der Waals surface area contributed by atoms with Gasteiger partial charge in [0.25, 0.3) is 0 Å². The number of hydrogen-bond donors (Lipinski definition) is 1. The van der Waals surface area contributed by atoms with Crippen molar-refractivity contribution in [3.63, 3.8) is 0 Å². The van der Waals surface area contributed by atoms with E-state index in [2.05, 4.69) is 43.2 Å². The standard InChI is InChI=1S/C12H25N3OS/c1-10(2)11-9-14-12(17-11)13-5-7-16-8-6-15(3)4/h10-11H,5-9H2,1-4H3,(H,13,14). The van der Waals surface area contributed by atoms with Crippen LogP contribution < -0.4 is 5.32 Å². The number of amidine groups is 1. The molecule has 1 atom stereocenters. The molecule has 1 rings (SSSR count). The Bertz CT molecular complexity index is 244. The van der Waals surface area contributed by atoms with Gasteiger partial charge in [0.15, 0.2) is 5.17 Å². The zero-order valence-corrected chi connectivity index (χ0v) is 12.2. The fourth-order valence-corrected chi connectivity index (χ4v) is 2.46. The number of ether oxygens (including phenoxy) is 1. The van der Waals surface area contributed by atoms with Crippen molar-refractivity contribution in [3.8, 4) is 0 Å². The van der Waals surface area contributed by atoms with E-state index in [9.17, 15) is 0 Å². The molecule has 17 heavy (non-hydrogen) atoms. The first kappa shape index (κ1) is 14.8. The highest BCUT2D eigenvalue weighted by atomic mass is 32.2. The Hall–Kier alpha value is -0.260. The third-order valence-electron chi connectivity index (χ3n) is 2.63. The van der Waals surface area contributed by atoms with Crippen LogP contribution in [0.1, 0.15) is 13.8 Å². The first-order chi connectivity index (χ1) is 8.09. The highest BCUT2D eigenvalue weighted by Crippen LogP contribution is 2.25. The molecule has 0 radical (unpaired) electrons. The number of aliphatic imine (C=N–C) groups is 1. The first-order valence-corrected chi connectivity index (χ1v) is 7.15. The van der Waals surface area contributed by atoms with Gasteiger partial charge in [0.2, 0.25) is 0 Å². The lowest BCUT2D eigenvalue weighted by atomic mass is 10.1. The Morgan fingerprint density at radius 1 is 1.47 bits per heavy atom. The Morgan fingerprint density at radius 3 is 2.82 bits per heavy atom. The van der Waals surface area contributed by atoms with Crippen LogP contribution in [-0.4, -0.2) is 62.3 Å². The maximum atomic E-state index is 5.51. The van der Waals surface area contributed by atoms with E-state index in [1.807, 2.05) is 11.8 Å². The third-order valence-corrected chi connectivity index (χ3v) is 4.12. The molecule has 0 amide bonds. The van der Waals surface area contributed by atoms with Gasteiger partial charge in [0.05, 0.1) is 19.8 Å². The van der Waals surface area contributed by atoms with Gasteiger partial charge in [-0.05, 0) is 20.0 Å². The molecule has 0 saturated carbocycles. The van der Waals surface area contributed by atoms with Crippen molar-refractivity contribution in [1.29, 1.82) is 0 Å². The fourth-order valence-electron chi connectivity index (χ4n) is 1.41. The van der Waals surface area contributed by atoms with Crippen molar-refractivity contribution < 1.29 is 4.74 Å². The quantitative estimate of drug-likeness (QED) is 0.699. The van der Waals surface area contributed by atoms with Crippen LogP contribution in [0.3, 0.4) is 0 Å². The molecule has 0 aliphatic carbocycles. The van der Waals surface area contributed by atoms with Crippen LogP contribution in [0.4, 0.5) is 0 Å². The molecule has 1 N–H and O–H groups in total. The molecule has 1 aliphatic heterocycles. The molecule has 100 valence electrons. The van der Waals surface area contributed by atoms with E-state index in [-0.39, 0.29) is 0 Å². The normalized spacial score (nSPS) is 20.1. The van der Waals surface area contributed by atoms with Gasteiger partial charge in [0, 0.05) is 18.3 Å². The molecule has 1 heterocycles. The summed E-state index contributed by atoms with van der Waals surface area (Å²) in [5.41, 5.74) is 0. The minimum atomic E-state index is 0.646. The van der Waals surface area contributed by atoms with Crippen LogP contribution in [0, 0.1) is 5.92 Å². The van der Waals surface area contributed by atoms with Crippen LogP contribution in [0.2, 0.25) is 0 Å². The van der Waals surface area contributed by atoms with Crippen molar-refractivity contribution in [2.45, 2.75) is 19.1 Å². The summed E-state index contributed by atoms with van der Waals surface area (Å²) < 4.78 is 5.51. The van der Waals surface area contributed by atoms with Gasteiger partial charge in [0.1, 0.15) is 0 Å². The molecule has 0 spiro atoms. The van der Waals surface area contributed by atoms with Gasteiger partial charge in [-0.15, -0.1) is 0 Å². The monoisotopic (exact) mass is 259 g/mol. The lowest BCUT2D eigenvalue weighted by Gasteiger charge is -2.12. The van der Waals surface area contributed by atoms with Gasteiger partial charge >= 0.3 is 0 Å². The van der Waals surface area contributed by atoms with E-state index in [0.717, 1.165) is 38.0 Å². The second-order valence-corrected chi connectivity index (χ2v) is 6.12. The van der Waals surface area contributed by atoms with Gasteiger partial charge in [-0.3, -0.25) is 4.99 Å². The predicted octanol–water partition coefficient (Wildman–Crippen LogP) is 1.28. The Kier molecular flexibility index (Phi) is 6.92. The molecule has 0 aromatic rings. The van der Waals surface area contributed by atoms with E-state index in [1.165, 1.54) is 0 Å². The molecule has 1 unspecified atom stereocenters. The number of thioether (sulfide) groups is 1. The highest BCUT2D eigenvalue weighted by Gasteiger charge is 2.21. The molecule has 0 aromatic heterocycles. The van der Waals surface area contributed by atoms with Crippen molar-refractivity contribution in [1.82, 2.24) is 10.2 Å². The van der Waals surface area contributed by atoms with Crippen molar-refractivity contribution in [2.75, 3.05) is 46.9 Å². The fraction of sp³-hybridized carbons (Fsp3) is 0.917. The van der Waals surface area contributed by atoms with Crippen molar-refractivity contribution in [3.05, 3.63) is 0 Å². The number of likely N-dealkylation sites (N-methyl/N-ethyl adjacent to an activating group) is 1. The number of hydrogen-bond acceptors (Lipinski definition) is 5. The minimum absolute atomic E-state index is 0.646. The summed E-state index contributed by atoms with van der Waals surface area (Å²) in [6, 6.07) is 0. The number of nitrogens with one attached hydrogen (secondary N) is 1. The molecule has 0 aromatic carbocycles. The summed E-state index contributed by atoms with van der Waals surface area (Å²) in [5.74, 6) is 0.694. The van der Waals surface area contributed by atoms with Gasteiger partial charge in [-0.25, -0.2) is 0 Å². The van der Waals surface area contributed by atoms with Crippen molar-refractivity contribution in [2.24, 2.45) is 10.9 Å². The zero-order valence-electron chi connectivity index (χ0n) is 11.4. The van der Waals surface area contributed by atoms with Crippen LogP contribution in [0.15, 0.2) is 4.99 Å². The van der Waals surface area contributed by atoms with Gasteiger partial charge in [-0.2, -0.15) is 0 Å². The first-order valence-electron chi connectivity index (χ1n) is 6.27. The second kappa shape index (κ2) is 7.95. The third kappa shape index (κ3) is 6.29. The molecule has 0 saturated heterocycles. The van der Waals surface area contributed by atoms with E-state index in [0.29, 0.717) is 11.2 Å². The van der Waals surface area contributed by atoms with E-state index >= 15 is 0 Å².